The standard InChI is InChI=1S/C12H20N2O2/c1-9(15)6-7-14-8-11(10-4-3-5-10)13(2)12(14)16/h10-11H,3-8H2,1-2H3. The number of urea groups is 1. The van der Waals surface area contributed by atoms with Crippen LogP contribution in [0.25, 0.3) is 0 Å². The van der Waals surface area contributed by atoms with E-state index in [0.29, 0.717) is 24.9 Å². The fourth-order valence-corrected chi connectivity index (χ4v) is 2.56. The highest BCUT2D eigenvalue weighted by atomic mass is 16.2. The first kappa shape index (κ1) is 11.4. The second-order valence-electron chi connectivity index (χ2n) is 5.05. The number of amides is 2. The zero-order valence-corrected chi connectivity index (χ0v) is 10.1. The highest BCUT2D eigenvalue weighted by Gasteiger charge is 2.40. The number of hydrogen-bond acceptors (Lipinski definition) is 2. The molecule has 1 aliphatic carbocycles. The van der Waals surface area contributed by atoms with Gasteiger partial charge in [0.1, 0.15) is 5.78 Å². The topological polar surface area (TPSA) is 40.6 Å². The van der Waals surface area contributed by atoms with Crippen LogP contribution in [0.2, 0.25) is 0 Å². The van der Waals surface area contributed by atoms with Gasteiger partial charge < -0.3 is 9.80 Å². The summed E-state index contributed by atoms with van der Waals surface area (Å²) in [6, 6.07) is 0.478. The molecule has 1 saturated heterocycles. The smallest absolute Gasteiger partial charge is 0.320 e. The van der Waals surface area contributed by atoms with E-state index in [0.717, 1.165) is 6.54 Å². The third-order valence-corrected chi connectivity index (χ3v) is 3.90. The SMILES string of the molecule is CC(=O)CCN1CC(C2CCC2)N(C)C1=O. The van der Waals surface area contributed by atoms with Crippen molar-refractivity contribution in [3.8, 4) is 0 Å². The van der Waals surface area contributed by atoms with E-state index in [1.165, 1.54) is 19.3 Å². The maximum atomic E-state index is 11.9. The number of carbonyl (C=O) groups is 2. The lowest BCUT2D eigenvalue weighted by atomic mass is 9.79. The summed E-state index contributed by atoms with van der Waals surface area (Å²) >= 11 is 0. The quantitative estimate of drug-likeness (QED) is 0.726. The van der Waals surface area contributed by atoms with E-state index in [-0.39, 0.29) is 11.8 Å². The van der Waals surface area contributed by atoms with Gasteiger partial charge in [0.15, 0.2) is 0 Å². The fraction of sp³-hybridized carbons (Fsp3) is 0.833. The van der Waals surface area contributed by atoms with Crippen LogP contribution in [0.3, 0.4) is 0 Å². The Hall–Kier alpha value is -1.06. The van der Waals surface area contributed by atoms with Gasteiger partial charge in [0.25, 0.3) is 0 Å². The molecule has 2 amide bonds. The van der Waals surface area contributed by atoms with Gasteiger partial charge >= 0.3 is 6.03 Å². The van der Waals surface area contributed by atoms with Crippen molar-refractivity contribution in [3.05, 3.63) is 0 Å². The fourth-order valence-electron chi connectivity index (χ4n) is 2.56. The normalized spacial score (nSPS) is 26.1. The average molecular weight is 224 g/mol. The molecule has 0 N–H and O–H groups in total. The van der Waals surface area contributed by atoms with Crippen LogP contribution in [0.4, 0.5) is 4.79 Å². The molecular formula is C12H20N2O2. The van der Waals surface area contributed by atoms with Crippen molar-refractivity contribution in [2.45, 2.75) is 38.6 Å². The first-order valence-corrected chi connectivity index (χ1v) is 6.10. The molecule has 0 aromatic heterocycles. The summed E-state index contributed by atoms with van der Waals surface area (Å²) in [5, 5.41) is 0. The number of rotatable bonds is 4. The third kappa shape index (κ3) is 2.06. The Morgan fingerprint density at radius 2 is 2.12 bits per heavy atom. The van der Waals surface area contributed by atoms with E-state index < -0.39 is 0 Å². The van der Waals surface area contributed by atoms with Gasteiger partial charge in [-0.05, 0) is 25.7 Å². The molecular weight excluding hydrogens is 204 g/mol. The maximum Gasteiger partial charge on any atom is 0.320 e. The van der Waals surface area contributed by atoms with Gasteiger partial charge in [0.05, 0.1) is 6.04 Å². The molecule has 4 nitrogen and oxygen atoms in total. The Balaban J connectivity index is 1.91. The zero-order chi connectivity index (χ0) is 11.7. The number of carbonyl (C=O) groups excluding carboxylic acids is 2. The molecule has 1 heterocycles. The van der Waals surface area contributed by atoms with Crippen molar-refractivity contribution in [2.24, 2.45) is 5.92 Å². The number of likely N-dealkylation sites (N-methyl/N-ethyl adjacent to an activating group) is 1. The number of nitrogens with zero attached hydrogens (tertiary/aromatic N) is 2. The highest BCUT2D eigenvalue weighted by molar-refractivity contribution is 5.79. The maximum absolute atomic E-state index is 11.9. The molecule has 0 spiro atoms. The average Bonchev–Trinajstić information content (AvgIpc) is 2.41. The van der Waals surface area contributed by atoms with E-state index >= 15 is 0 Å². The molecule has 2 rings (SSSR count). The Bertz CT molecular complexity index is 299. The van der Waals surface area contributed by atoms with Gasteiger partial charge in [-0.3, -0.25) is 4.79 Å². The largest absolute Gasteiger partial charge is 0.323 e. The van der Waals surface area contributed by atoms with Gasteiger partial charge in [0.2, 0.25) is 0 Å². The predicted octanol–water partition coefficient (Wildman–Crippen LogP) is 1.50. The summed E-state index contributed by atoms with van der Waals surface area (Å²) in [5.74, 6) is 0.846. The lowest BCUT2D eigenvalue weighted by Gasteiger charge is -2.34. The predicted molar refractivity (Wildman–Crippen MR) is 61.2 cm³/mol. The lowest BCUT2D eigenvalue weighted by Crippen LogP contribution is -2.39. The van der Waals surface area contributed by atoms with Gasteiger partial charge in [0, 0.05) is 26.6 Å². The minimum Gasteiger partial charge on any atom is -0.323 e. The molecule has 90 valence electrons. The Morgan fingerprint density at radius 1 is 1.44 bits per heavy atom. The lowest BCUT2D eigenvalue weighted by molar-refractivity contribution is -0.117. The van der Waals surface area contributed by atoms with Gasteiger partial charge in [-0.15, -0.1) is 0 Å². The second kappa shape index (κ2) is 4.44. The van der Waals surface area contributed by atoms with Gasteiger partial charge in [-0.1, -0.05) is 6.42 Å². The van der Waals surface area contributed by atoms with Crippen LogP contribution < -0.4 is 0 Å². The van der Waals surface area contributed by atoms with Crippen molar-refractivity contribution < 1.29 is 9.59 Å². The van der Waals surface area contributed by atoms with Crippen LogP contribution in [0, 0.1) is 5.92 Å². The molecule has 0 bridgehead atoms. The summed E-state index contributed by atoms with van der Waals surface area (Å²) in [6.07, 6.45) is 4.29. The van der Waals surface area contributed by atoms with Crippen molar-refractivity contribution in [2.75, 3.05) is 20.1 Å². The monoisotopic (exact) mass is 224 g/mol. The van der Waals surface area contributed by atoms with E-state index in [4.69, 9.17) is 0 Å². The molecule has 16 heavy (non-hydrogen) atoms. The summed E-state index contributed by atoms with van der Waals surface area (Å²) in [4.78, 5) is 26.5. The van der Waals surface area contributed by atoms with Crippen LogP contribution in [0.1, 0.15) is 32.6 Å². The number of Topliss-reactive ketones (excluding diaryl/α,β-unsaturated/α-hetero) is 1. The highest BCUT2D eigenvalue weighted by Crippen LogP contribution is 2.34. The molecule has 0 radical (unpaired) electrons. The van der Waals surface area contributed by atoms with Crippen molar-refractivity contribution in [1.82, 2.24) is 9.80 Å². The molecule has 1 aliphatic heterocycles. The Morgan fingerprint density at radius 3 is 2.62 bits per heavy atom. The van der Waals surface area contributed by atoms with Gasteiger partial charge in [-0.25, -0.2) is 4.79 Å². The second-order valence-corrected chi connectivity index (χ2v) is 5.05. The van der Waals surface area contributed by atoms with Crippen LogP contribution in [-0.2, 0) is 4.79 Å². The molecule has 1 atom stereocenters. The molecule has 0 aromatic carbocycles. The summed E-state index contributed by atoms with van der Waals surface area (Å²) in [6.45, 7) is 2.97. The molecule has 0 aromatic rings. The van der Waals surface area contributed by atoms with E-state index in [9.17, 15) is 9.59 Å². The minimum atomic E-state index is 0.0955. The summed E-state index contributed by atoms with van der Waals surface area (Å²) in [5.41, 5.74) is 0. The molecule has 1 saturated carbocycles. The summed E-state index contributed by atoms with van der Waals surface area (Å²) in [7, 11) is 1.89. The van der Waals surface area contributed by atoms with Crippen LogP contribution >= 0.6 is 0 Å². The van der Waals surface area contributed by atoms with E-state index in [1.807, 2.05) is 16.8 Å². The Kier molecular flexibility index (Phi) is 3.17. The first-order chi connectivity index (χ1) is 7.59. The van der Waals surface area contributed by atoms with Crippen LogP contribution in [-0.4, -0.2) is 47.8 Å². The van der Waals surface area contributed by atoms with Crippen molar-refractivity contribution in [3.63, 3.8) is 0 Å². The summed E-state index contributed by atoms with van der Waals surface area (Å²) < 4.78 is 0. The van der Waals surface area contributed by atoms with E-state index in [1.54, 1.807) is 6.92 Å². The van der Waals surface area contributed by atoms with Crippen LogP contribution in [0.15, 0.2) is 0 Å². The first-order valence-electron chi connectivity index (χ1n) is 6.10. The molecule has 2 aliphatic rings. The van der Waals surface area contributed by atoms with Gasteiger partial charge in [-0.2, -0.15) is 0 Å². The molecule has 1 unspecified atom stereocenters. The number of ketones is 1. The Labute approximate surface area is 96.6 Å². The van der Waals surface area contributed by atoms with E-state index in [2.05, 4.69) is 0 Å². The molecule has 4 heteroatoms. The third-order valence-electron chi connectivity index (χ3n) is 3.90. The molecule has 2 fully saturated rings. The van der Waals surface area contributed by atoms with Crippen molar-refractivity contribution in [1.29, 1.82) is 0 Å². The zero-order valence-electron chi connectivity index (χ0n) is 10.1. The van der Waals surface area contributed by atoms with Crippen LogP contribution in [0.5, 0.6) is 0 Å². The number of hydrogen-bond donors (Lipinski definition) is 0. The minimum absolute atomic E-state index is 0.0955. The van der Waals surface area contributed by atoms with Crippen molar-refractivity contribution >= 4 is 11.8 Å².